The van der Waals surface area contributed by atoms with E-state index in [1.807, 2.05) is 12.1 Å². The third kappa shape index (κ3) is 4.45. The van der Waals surface area contributed by atoms with Crippen molar-refractivity contribution in [1.82, 2.24) is 9.97 Å². The zero-order valence-corrected chi connectivity index (χ0v) is 14.1. The Morgan fingerprint density at radius 1 is 1.09 bits per heavy atom. The van der Waals surface area contributed by atoms with Crippen LogP contribution in [0.3, 0.4) is 0 Å². The fourth-order valence-corrected chi connectivity index (χ4v) is 2.19. The molecule has 2 aromatic rings. The fourth-order valence-electron chi connectivity index (χ4n) is 2.19. The van der Waals surface area contributed by atoms with Crippen molar-refractivity contribution in [2.75, 3.05) is 17.2 Å². The molecule has 1 aromatic carbocycles. The Balaban J connectivity index is 2.19. The van der Waals surface area contributed by atoms with Crippen LogP contribution in [0.25, 0.3) is 0 Å². The molecule has 0 atom stereocenters. The van der Waals surface area contributed by atoms with Crippen LogP contribution in [0.4, 0.5) is 17.5 Å². The Kier molecular flexibility index (Phi) is 5.01. The van der Waals surface area contributed by atoms with Gasteiger partial charge in [0, 0.05) is 18.4 Å². The Hall–Kier alpha value is -2.10. The minimum absolute atomic E-state index is 0.0787. The van der Waals surface area contributed by atoms with Gasteiger partial charge in [-0.25, -0.2) is 4.98 Å². The van der Waals surface area contributed by atoms with E-state index >= 15 is 0 Å². The Bertz CT molecular complexity index is 614. The van der Waals surface area contributed by atoms with E-state index in [9.17, 15) is 0 Å². The molecule has 0 saturated carbocycles. The third-order valence-electron chi connectivity index (χ3n) is 3.32. The quantitative estimate of drug-likeness (QED) is 0.848. The number of aromatic nitrogens is 2. The van der Waals surface area contributed by atoms with E-state index in [2.05, 4.69) is 73.4 Å². The molecule has 0 saturated heterocycles. The van der Waals surface area contributed by atoms with Gasteiger partial charge in [-0.05, 0) is 29.0 Å². The maximum absolute atomic E-state index is 4.53. The van der Waals surface area contributed by atoms with Crippen molar-refractivity contribution in [2.24, 2.45) is 5.92 Å². The Morgan fingerprint density at radius 3 is 2.50 bits per heavy atom. The number of hydrogen-bond donors (Lipinski definition) is 2. The molecule has 1 aromatic heterocycles. The summed E-state index contributed by atoms with van der Waals surface area (Å²) in [5, 5.41) is 6.67. The van der Waals surface area contributed by atoms with Crippen molar-refractivity contribution in [2.45, 2.75) is 40.0 Å². The summed E-state index contributed by atoms with van der Waals surface area (Å²) in [5.74, 6) is 2.02. The summed E-state index contributed by atoms with van der Waals surface area (Å²) in [6, 6.07) is 10.2. The molecule has 22 heavy (non-hydrogen) atoms. The van der Waals surface area contributed by atoms with Gasteiger partial charge in [0.1, 0.15) is 5.82 Å². The molecule has 0 unspecified atom stereocenters. The third-order valence-corrected chi connectivity index (χ3v) is 3.32. The topological polar surface area (TPSA) is 49.8 Å². The van der Waals surface area contributed by atoms with Gasteiger partial charge in [0.05, 0.1) is 0 Å². The van der Waals surface area contributed by atoms with E-state index in [1.54, 1.807) is 6.20 Å². The maximum Gasteiger partial charge on any atom is 0.224 e. The van der Waals surface area contributed by atoms with Crippen molar-refractivity contribution < 1.29 is 0 Å². The second kappa shape index (κ2) is 6.77. The van der Waals surface area contributed by atoms with Crippen LogP contribution in [0, 0.1) is 5.92 Å². The predicted molar refractivity (Wildman–Crippen MR) is 93.8 cm³/mol. The molecule has 0 fully saturated rings. The molecule has 0 aliphatic carbocycles. The first kappa shape index (κ1) is 16.3. The second-order valence-corrected chi connectivity index (χ2v) is 6.96. The number of para-hydroxylation sites is 1. The molecule has 0 spiro atoms. The van der Waals surface area contributed by atoms with Crippen LogP contribution in [0.2, 0.25) is 0 Å². The fraction of sp³-hybridized carbons (Fsp3) is 0.444. The van der Waals surface area contributed by atoms with Crippen LogP contribution in [-0.2, 0) is 5.41 Å². The van der Waals surface area contributed by atoms with E-state index in [1.165, 1.54) is 5.56 Å². The number of anilines is 3. The lowest BCUT2D eigenvalue weighted by Gasteiger charge is -2.23. The lowest BCUT2D eigenvalue weighted by molar-refractivity contribution is 0.592. The molecule has 4 nitrogen and oxygen atoms in total. The van der Waals surface area contributed by atoms with Gasteiger partial charge in [-0.15, -0.1) is 0 Å². The van der Waals surface area contributed by atoms with Crippen molar-refractivity contribution in [3.05, 3.63) is 42.1 Å². The number of nitrogens with one attached hydrogen (secondary N) is 2. The first-order chi connectivity index (χ1) is 10.4. The van der Waals surface area contributed by atoms with Gasteiger partial charge in [-0.2, -0.15) is 4.98 Å². The minimum atomic E-state index is 0.0787. The summed E-state index contributed by atoms with van der Waals surface area (Å²) in [6.07, 6.45) is 1.78. The van der Waals surface area contributed by atoms with Gasteiger partial charge < -0.3 is 10.6 Å². The molecule has 0 aliphatic heterocycles. The molecule has 4 heteroatoms. The number of rotatable bonds is 5. The van der Waals surface area contributed by atoms with E-state index in [0.29, 0.717) is 11.9 Å². The molecule has 2 N–H and O–H groups in total. The standard InChI is InChI=1S/C18H26N4/c1-13(2)12-20-17-19-11-10-16(22-17)21-15-9-7-6-8-14(15)18(3,4)5/h6-11,13H,12H2,1-5H3,(H2,19,20,21,22). The molecule has 0 radical (unpaired) electrons. The zero-order valence-electron chi connectivity index (χ0n) is 14.1. The van der Waals surface area contributed by atoms with Gasteiger partial charge in [-0.3, -0.25) is 0 Å². The highest BCUT2D eigenvalue weighted by Crippen LogP contribution is 2.30. The molecular formula is C18H26N4. The lowest BCUT2D eigenvalue weighted by atomic mass is 9.86. The molecule has 2 rings (SSSR count). The number of benzene rings is 1. The van der Waals surface area contributed by atoms with Crippen molar-refractivity contribution in [3.63, 3.8) is 0 Å². The summed E-state index contributed by atoms with van der Waals surface area (Å²) in [4.78, 5) is 8.79. The van der Waals surface area contributed by atoms with E-state index in [0.717, 1.165) is 18.1 Å². The molecular weight excluding hydrogens is 272 g/mol. The highest BCUT2D eigenvalue weighted by atomic mass is 15.1. The first-order valence-electron chi connectivity index (χ1n) is 7.79. The highest BCUT2D eigenvalue weighted by molar-refractivity contribution is 5.62. The molecule has 0 bridgehead atoms. The van der Waals surface area contributed by atoms with Gasteiger partial charge >= 0.3 is 0 Å². The minimum Gasteiger partial charge on any atom is -0.354 e. The van der Waals surface area contributed by atoms with Gasteiger partial charge in [-0.1, -0.05) is 52.8 Å². The molecule has 0 aliphatic rings. The van der Waals surface area contributed by atoms with Gasteiger partial charge in [0.2, 0.25) is 5.95 Å². The normalized spacial score (nSPS) is 11.5. The predicted octanol–water partition coefficient (Wildman–Crippen LogP) is 4.59. The Morgan fingerprint density at radius 2 is 1.82 bits per heavy atom. The Labute approximate surface area is 133 Å². The van der Waals surface area contributed by atoms with Gasteiger partial charge in [0.25, 0.3) is 0 Å². The second-order valence-electron chi connectivity index (χ2n) is 6.96. The van der Waals surface area contributed by atoms with Crippen LogP contribution in [-0.4, -0.2) is 16.5 Å². The largest absolute Gasteiger partial charge is 0.354 e. The van der Waals surface area contributed by atoms with Crippen molar-refractivity contribution in [1.29, 1.82) is 0 Å². The van der Waals surface area contributed by atoms with E-state index < -0.39 is 0 Å². The SMILES string of the molecule is CC(C)CNc1nccc(Nc2ccccc2C(C)(C)C)n1. The summed E-state index contributed by atoms with van der Waals surface area (Å²) >= 11 is 0. The smallest absolute Gasteiger partial charge is 0.224 e. The zero-order chi connectivity index (χ0) is 16.2. The summed E-state index contributed by atoms with van der Waals surface area (Å²) in [6.45, 7) is 11.8. The average molecular weight is 298 g/mol. The lowest BCUT2D eigenvalue weighted by Crippen LogP contribution is -2.14. The highest BCUT2D eigenvalue weighted by Gasteiger charge is 2.17. The van der Waals surface area contributed by atoms with Crippen LogP contribution >= 0.6 is 0 Å². The number of nitrogens with zero attached hydrogens (tertiary/aromatic N) is 2. The average Bonchev–Trinajstić information content (AvgIpc) is 2.45. The summed E-state index contributed by atoms with van der Waals surface area (Å²) in [7, 11) is 0. The molecule has 0 amide bonds. The maximum atomic E-state index is 4.53. The van der Waals surface area contributed by atoms with Crippen molar-refractivity contribution >= 4 is 17.5 Å². The molecule has 118 valence electrons. The van der Waals surface area contributed by atoms with E-state index in [4.69, 9.17) is 0 Å². The van der Waals surface area contributed by atoms with Crippen LogP contribution in [0.5, 0.6) is 0 Å². The van der Waals surface area contributed by atoms with Crippen LogP contribution in [0.1, 0.15) is 40.2 Å². The first-order valence-corrected chi connectivity index (χ1v) is 7.79. The van der Waals surface area contributed by atoms with Gasteiger partial charge in [0.15, 0.2) is 0 Å². The van der Waals surface area contributed by atoms with Crippen molar-refractivity contribution in [3.8, 4) is 0 Å². The summed E-state index contributed by atoms with van der Waals surface area (Å²) < 4.78 is 0. The van der Waals surface area contributed by atoms with Crippen LogP contribution in [0.15, 0.2) is 36.5 Å². The van der Waals surface area contributed by atoms with E-state index in [-0.39, 0.29) is 5.41 Å². The van der Waals surface area contributed by atoms with Crippen LogP contribution < -0.4 is 10.6 Å². The monoisotopic (exact) mass is 298 g/mol. The molecule has 1 heterocycles. The summed E-state index contributed by atoms with van der Waals surface area (Å²) in [5.41, 5.74) is 2.43. The number of hydrogen-bond acceptors (Lipinski definition) is 4.